The first kappa shape index (κ1) is 40.9. The van der Waals surface area contributed by atoms with Crippen LogP contribution in [0.4, 0.5) is 34.1 Å². The highest BCUT2D eigenvalue weighted by Crippen LogP contribution is 2.43. The van der Waals surface area contributed by atoms with Gasteiger partial charge in [0.25, 0.3) is 20.2 Å². The molecule has 3 rings (SSSR count). The molecular formula is C24H26N6O14S5. The van der Waals surface area contributed by atoms with E-state index in [0.29, 0.717) is 23.8 Å². The molecule has 266 valence electrons. The summed E-state index contributed by atoms with van der Waals surface area (Å²) in [6.07, 6.45) is 2.71. The third kappa shape index (κ3) is 11.7. The van der Waals surface area contributed by atoms with Gasteiger partial charge in [0.05, 0.1) is 27.7 Å². The maximum atomic E-state index is 12.6. The molecule has 0 aliphatic carbocycles. The number of benzene rings is 3. The van der Waals surface area contributed by atoms with E-state index in [1.165, 1.54) is 24.3 Å². The monoisotopic (exact) mass is 782 g/mol. The smallest absolute Gasteiger partial charge is 0.412 e. The second kappa shape index (κ2) is 16.4. The van der Waals surface area contributed by atoms with Gasteiger partial charge in [0.2, 0.25) is 0 Å². The molecule has 20 nitrogen and oxygen atoms in total. The van der Waals surface area contributed by atoms with Crippen LogP contribution in [0.5, 0.6) is 0 Å². The van der Waals surface area contributed by atoms with Crippen molar-refractivity contribution in [3.63, 3.8) is 0 Å². The minimum atomic E-state index is -5.04. The fourth-order valence-electron chi connectivity index (χ4n) is 3.45. The second-order valence-electron chi connectivity index (χ2n) is 9.10. The molecule has 25 heteroatoms. The number of sulfone groups is 1. The van der Waals surface area contributed by atoms with E-state index in [-0.39, 0.29) is 16.9 Å². The topological polar surface area (TPSA) is 349 Å². The van der Waals surface area contributed by atoms with Gasteiger partial charge in [0.1, 0.15) is 26.9 Å². The van der Waals surface area contributed by atoms with Crippen LogP contribution in [0.15, 0.2) is 88.6 Å². The summed E-state index contributed by atoms with van der Waals surface area (Å²) in [6.45, 7) is 1.76. The number of nitrogens with two attached hydrogens (primary N) is 2. The zero-order chi connectivity index (χ0) is 35.9. The average molecular weight is 783 g/mol. The van der Waals surface area contributed by atoms with Crippen molar-refractivity contribution in [2.24, 2.45) is 20.5 Å². The normalized spacial score (nSPS) is 12.4. The Morgan fingerprint density at radius 3 is 1.96 bits per heavy atom. The van der Waals surface area contributed by atoms with Crippen molar-refractivity contribution in [2.75, 3.05) is 17.2 Å². The lowest BCUT2D eigenvalue weighted by Crippen LogP contribution is -2.08. The lowest BCUT2D eigenvalue weighted by Gasteiger charge is -2.11. The van der Waals surface area contributed by atoms with Crippen LogP contribution in [0.25, 0.3) is 0 Å². The Morgan fingerprint density at radius 2 is 1.39 bits per heavy atom. The third-order valence-electron chi connectivity index (χ3n) is 5.67. The van der Waals surface area contributed by atoms with Gasteiger partial charge < -0.3 is 16.9 Å². The second-order valence-corrected chi connectivity index (χ2v) is 15.9. The molecule has 0 aromatic heterocycles. The van der Waals surface area contributed by atoms with E-state index in [1.807, 2.05) is 6.11 Å². The first-order valence-electron chi connectivity index (χ1n) is 12.7. The molecule has 0 bridgehead atoms. The molecular weight excluding hydrogens is 757 g/mol. The fraction of sp³-hybridized carbons (Fsp3) is 0.167. The lowest BCUT2D eigenvalue weighted by molar-refractivity contribution is -0.135. The van der Waals surface area contributed by atoms with Crippen molar-refractivity contribution < 1.29 is 62.0 Å². The van der Waals surface area contributed by atoms with Crippen LogP contribution in [0.2, 0.25) is 0 Å². The van der Waals surface area contributed by atoms with E-state index in [1.54, 1.807) is 6.92 Å². The summed E-state index contributed by atoms with van der Waals surface area (Å²) >= 11 is 0.861. The number of rotatable bonds is 13. The van der Waals surface area contributed by atoms with E-state index >= 15 is 0 Å². The van der Waals surface area contributed by atoms with Gasteiger partial charge in [-0.05, 0) is 71.0 Å². The fourth-order valence-corrected chi connectivity index (χ4v) is 6.87. The van der Waals surface area contributed by atoms with E-state index in [2.05, 4.69) is 34.9 Å². The molecule has 0 saturated heterocycles. The SMILES string of the molecule is CCCCS(=O)(=O)c1ccc(N=Nc2cc(S(=O)(=O)O)c(N)c(N=Nc3ccc(SC#COOS(=O)(=O)O)cc3)c2N)c(S(=O)(=O)O)c1.O. The van der Waals surface area contributed by atoms with Crippen LogP contribution in [0.1, 0.15) is 19.8 Å². The molecule has 0 aliphatic heterocycles. The summed E-state index contributed by atoms with van der Waals surface area (Å²) in [6, 6.07) is 9.25. The zero-order valence-corrected chi connectivity index (χ0v) is 28.7. The van der Waals surface area contributed by atoms with Gasteiger partial charge in [-0.25, -0.2) is 8.42 Å². The molecule has 0 heterocycles. The Morgan fingerprint density at radius 1 is 0.776 bits per heavy atom. The van der Waals surface area contributed by atoms with Crippen molar-refractivity contribution in [2.45, 2.75) is 39.3 Å². The van der Waals surface area contributed by atoms with Crippen LogP contribution >= 0.6 is 11.8 Å². The summed E-state index contributed by atoms with van der Waals surface area (Å²) in [7, 11) is -18.8. The van der Waals surface area contributed by atoms with Crippen molar-refractivity contribution in [1.29, 1.82) is 0 Å². The maximum Gasteiger partial charge on any atom is 0.433 e. The Balaban J connectivity index is 0.00000833. The first-order valence-corrected chi connectivity index (χ1v) is 19.4. The van der Waals surface area contributed by atoms with Gasteiger partial charge in [-0.15, -0.1) is 15.3 Å². The standard InChI is InChI=1S/C24H24N6O13S5.H2O/c1-2-3-12-45(31,32)17-8-9-18(20(13-17)46(33,34)35)28-29-19-14-21(47(36,37)38)23(26)24(22(19)25)30-27-15-4-6-16(7-5-15)44-11-10-42-43-48(39,40)41;/h4-9,13-14H,2-3,12,25-26H2,1H3,(H,33,34,35)(H,36,37,38)(H,39,40,41);1H2. The number of anilines is 2. The first-order chi connectivity index (χ1) is 22.2. The number of nitrogens with zero attached hydrogens (tertiary/aromatic N) is 4. The number of azo groups is 2. The van der Waals surface area contributed by atoms with Crippen molar-refractivity contribution in [3.05, 3.63) is 48.5 Å². The molecule has 3 aromatic carbocycles. The summed E-state index contributed by atoms with van der Waals surface area (Å²) in [5, 5.41) is 17.6. The molecule has 0 spiro atoms. The van der Waals surface area contributed by atoms with E-state index < -0.39 is 83.6 Å². The molecule has 49 heavy (non-hydrogen) atoms. The Hall–Kier alpha value is -4.23. The van der Waals surface area contributed by atoms with Crippen molar-refractivity contribution in [1.82, 2.24) is 0 Å². The van der Waals surface area contributed by atoms with Crippen LogP contribution in [-0.2, 0) is 49.7 Å². The predicted octanol–water partition coefficient (Wildman–Crippen LogP) is 3.69. The highest BCUT2D eigenvalue weighted by atomic mass is 32.3. The van der Waals surface area contributed by atoms with Gasteiger partial charge in [0, 0.05) is 10.1 Å². The summed E-state index contributed by atoms with van der Waals surface area (Å²) in [4.78, 5) is 2.26. The van der Waals surface area contributed by atoms with Crippen LogP contribution < -0.4 is 11.5 Å². The minimum Gasteiger partial charge on any atom is -0.412 e. The highest BCUT2D eigenvalue weighted by molar-refractivity contribution is 8.04. The van der Waals surface area contributed by atoms with Crippen LogP contribution in [0, 0.1) is 11.4 Å². The number of thioether (sulfide) groups is 1. The number of hydrogen-bond donors (Lipinski definition) is 5. The molecule has 3 aromatic rings. The number of unbranched alkanes of at least 4 members (excludes halogenated alkanes) is 1. The van der Waals surface area contributed by atoms with Crippen molar-refractivity contribution >= 4 is 86.4 Å². The molecule has 0 atom stereocenters. The summed E-state index contributed by atoms with van der Waals surface area (Å²) < 4.78 is 126. The molecule has 0 amide bonds. The van der Waals surface area contributed by atoms with Gasteiger partial charge in [-0.2, -0.15) is 30.4 Å². The van der Waals surface area contributed by atoms with Gasteiger partial charge in [-0.1, -0.05) is 13.3 Å². The molecule has 0 fully saturated rings. The van der Waals surface area contributed by atoms with Crippen LogP contribution in [-0.4, -0.2) is 58.6 Å². The lowest BCUT2D eigenvalue weighted by atomic mass is 10.2. The summed E-state index contributed by atoms with van der Waals surface area (Å²) in [5.74, 6) is -0.280. The van der Waals surface area contributed by atoms with Crippen molar-refractivity contribution in [3.8, 4) is 11.4 Å². The molecule has 0 aliphatic rings. The highest BCUT2D eigenvalue weighted by Gasteiger charge is 2.24. The third-order valence-corrected chi connectivity index (χ3v) is 10.2. The Bertz CT molecular complexity index is 2270. The van der Waals surface area contributed by atoms with Gasteiger partial charge in [0.15, 0.2) is 15.9 Å². The van der Waals surface area contributed by atoms with Gasteiger partial charge in [-0.3, -0.25) is 18.5 Å². The van der Waals surface area contributed by atoms with E-state index in [4.69, 9.17) is 16.0 Å². The van der Waals surface area contributed by atoms with Gasteiger partial charge >= 0.3 is 10.4 Å². The quantitative estimate of drug-likeness (QED) is 0.0314. The number of nitrogen functional groups attached to an aromatic ring is 2. The Labute approximate surface area is 284 Å². The molecule has 0 unspecified atom stereocenters. The molecule has 0 saturated carbocycles. The van der Waals surface area contributed by atoms with E-state index in [9.17, 15) is 42.8 Å². The predicted molar refractivity (Wildman–Crippen MR) is 174 cm³/mol. The minimum absolute atomic E-state index is 0. The Kier molecular flexibility index (Phi) is 13.7. The van der Waals surface area contributed by atoms with E-state index in [0.717, 1.165) is 30.0 Å². The largest absolute Gasteiger partial charge is 0.433 e. The molecule has 0 radical (unpaired) electrons. The number of hydrogen-bond acceptors (Lipinski definition) is 17. The average Bonchev–Trinajstić information content (AvgIpc) is 2.98. The molecule has 9 N–H and O–H groups in total. The summed E-state index contributed by atoms with van der Waals surface area (Å²) in [5.41, 5.74) is 9.61. The zero-order valence-electron chi connectivity index (χ0n) is 24.6. The van der Waals surface area contributed by atoms with Crippen LogP contribution in [0.3, 0.4) is 0 Å². The maximum absolute atomic E-state index is 12.6.